The maximum atomic E-state index is 5.24. The second-order valence-electron chi connectivity index (χ2n) is 16.8. The number of fused-ring (bicyclic) bond motifs is 3. The molecule has 0 aliphatic rings. The van der Waals surface area contributed by atoms with Crippen molar-refractivity contribution in [1.82, 2.24) is 19.5 Å². The molecule has 2 aromatic heterocycles. The molecule has 0 amide bonds. The largest absolute Gasteiger partial charge is 0.309 e. The van der Waals surface area contributed by atoms with Crippen molar-refractivity contribution in [3.05, 3.63) is 261 Å². The van der Waals surface area contributed by atoms with Gasteiger partial charge in [-0.1, -0.05) is 200 Å². The van der Waals surface area contributed by atoms with Gasteiger partial charge in [-0.3, -0.25) is 0 Å². The van der Waals surface area contributed by atoms with Gasteiger partial charge in [0.1, 0.15) is 0 Å². The molecule has 0 unspecified atom stereocenters. The van der Waals surface area contributed by atoms with Gasteiger partial charge in [-0.2, -0.15) is 0 Å². The van der Waals surface area contributed by atoms with E-state index in [4.69, 9.17) is 15.0 Å². The van der Waals surface area contributed by atoms with Gasteiger partial charge in [-0.05, 0) is 82.9 Å². The van der Waals surface area contributed by atoms with Crippen LogP contribution in [0.4, 0.5) is 17.1 Å². The number of aromatic nitrogens is 4. The molecule has 10 aromatic carbocycles. The van der Waals surface area contributed by atoms with E-state index in [-0.39, 0.29) is 0 Å². The predicted octanol–water partition coefficient (Wildman–Crippen LogP) is 16.4. The van der Waals surface area contributed by atoms with E-state index in [1.165, 1.54) is 21.8 Å². The van der Waals surface area contributed by atoms with E-state index < -0.39 is 0 Å². The molecule has 320 valence electrons. The Morgan fingerprint density at radius 1 is 0.279 bits per heavy atom. The van der Waals surface area contributed by atoms with Crippen LogP contribution in [0.5, 0.6) is 0 Å². The van der Waals surface area contributed by atoms with Crippen LogP contribution in [-0.4, -0.2) is 19.5 Å². The van der Waals surface area contributed by atoms with Gasteiger partial charge < -0.3 is 9.47 Å². The molecule has 0 N–H and O–H groups in total. The zero-order valence-corrected chi connectivity index (χ0v) is 37.1. The Kier molecular flexibility index (Phi) is 10.5. The van der Waals surface area contributed by atoms with E-state index in [0.29, 0.717) is 17.5 Å². The van der Waals surface area contributed by atoms with Crippen molar-refractivity contribution in [3.8, 4) is 73.2 Å². The summed E-state index contributed by atoms with van der Waals surface area (Å²) < 4.78 is 2.37. The Bertz CT molecular complexity index is 3530. The van der Waals surface area contributed by atoms with Crippen molar-refractivity contribution in [1.29, 1.82) is 0 Å². The monoisotopic (exact) mass is 869 g/mol. The molecule has 12 aromatic rings. The molecule has 68 heavy (non-hydrogen) atoms. The third kappa shape index (κ3) is 7.58. The summed E-state index contributed by atoms with van der Waals surface area (Å²) in [6, 6.07) is 92.0. The smallest absolute Gasteiger partial charge is 0.164 e. The van der Waals surface area contributed by atoms with E-state index in [1.807, 2.05) is 36.4 Å². The van der Waals surface area contributed by atoms with E-state index in [0.717, 1.165) is 72.8 Å². The van der Waals surface area contributed by atoms with Gasteiger partial charge in [0.2, 0.25) is 0 Å². The second-order valence-corrected chi connectivity index (χ2v) is 16.8. The lowest BCUT2D eigenvalue weighted by molar-refractivity contribution is 1.07. The zero-order chi connectivity index (χ0) is 45.2. The first-order chi connectivity index (χ1) is 33.7. The Labute approximate surface area is 395 Å². The average molecular weight is 870 g/mol. The fourth-order valence-electron chi connectivity index (χ4n) is 9.43. The third-order valence-electron chi connectivity index (χ3n) is 12.6. The summed E-state index contributed by atoms with van der Waals surface area (Å²) in [7, 11) is 0. The average Bonchev–Trinajstić information content (AvgIpc) is 3.76. The lowest BCUT2D eigenvalue weighted by Gasteiger charge is -2.31. The summed E-state index contributed by atoms with van der Waals surface area (Å²) in [6.45, 7) is 0. The van der Waals surface area contributed by atoms with Crippen molar-refractivity contribution in [2.75, 3.05) is 4.90 Å². The van der Waals surface area contributed by atoms with Crippen molar-refractivity contribution in [2.45, 2.75) is 0 Å². The van der Waals surface area contributed by atoms with E-state index in [9.17, 15) is 0 Å². The van der Waals surface area contributed by atoms with Gasteiger partial charge in [0.05, 0.1) is 16.7 Å². The minimum absolute atomic E-state index is 0.590. The van der Waals surface area contributed by atoms with Crippen molar-refractivity contribution in [2.24, 2.45) is 0 Å². The van der Waals surface area contributed by atoms with Crippen LogP contribution in [0.25, 0.3) is 95.0 Å². The molecule has 0 radical (unpaired) electrons. The zero-order valence-electron chi connectivity index (χ0n) is 37.1. The molecule has 0 aliphatic carbocycles. The van der Waals surface area contributed by atoms with Crippen LogP contribution in [0.3, 0.4) is 0 Å². The topological polar surface area (TPSA) is 46.8 Å². The van der Waals surface area contributed by atoms with Crippen LogP contribution in [0, 0.1) is 0 Å². The van der Waals surface area contributed by atoms with Gasteiger partial charge >= 0.3 is 0 Å². The molecule has 0 aliphatic heterocycles. The molecule has 2 heterocycles. The number of hydrogen-bond acceptors (Lipinski definition) is 4. The Hall–Kier alpha value is -9.19. The first-order valence-corrected chi connectivity index (χ1v) is 22.9. The molecule has 0 bridgehead atoms. The fourth-order valence-corrected chi connectivity index (χ4v) is 9.43. The third-order valence-corrected chi connectivity index (χ3v) is 12.6. The normalized spacial score (nSPS) is 11.2. The Morgan fingerprint density at radius 3 is 1.16 bits per heavy atom. The number of benzene rings is 10. The molecular formula is C63H43N5. The molecule has 0 atom stereocenters. The van der Waals surface area contributed by atoms with Crippen molar-refractivity contribution < 1.29 is 0 Å². The summed E-state index contributed by atoms with van der Waals surface area (Å²) in [5.74, 6) is 1.82. The van der Waals surface area contributed by atoms with Gasteiger partial charge in [0, 0.05) is 55.7 Å². The molecule has 12 rings (SSSR count). The summed E-state index contributed by atoms with van der Waals surface area (Å²) in [5.41, 5.74) is 15.7. The fraction of sp³-hybridized carbons (Fsp3) is 0. The Morgan fingerprint density at radius 2 is 0.676 bits per heavy atom. The highest BCUT2D eigenvalue weighted by atomic mass is 15.1. The maximum absolute atomic E-state index is 5.24. The molecule has 0 fully saturated rings. The number of para-hydroxylation sites is 2. The summed E-state index contributed by atoms with van der Waals surface area (Å²) in [4.78, 5) is 18.0. The van der Waals surface area contributed by atoms with Crippen LogP contribution in [0.1, 0.15) is 0 Å². The highest BCUT2D eigenvalue weighted by molar-refractivity contribution is 6.09. The van der Waals surface area contributed by atoms with Crippen molar-refractivity contribution >= 4 is 38.9 Å². The minimum atomic E-state index is 0.590. The van der Waals surface area contributed by atoms with Gasteiger partial charge in [-0.25, -0.2) is 15.0 Å². The number of rotatable bonds is 10. The summed E-state index contributed by atoms with van der Waals surface area (Å²) >= 11 is 0. The van der Waals surface area contributed by atoms with Crippen LogP contribution in [-0.2, 0) is 0 Å². The minimum Gasteiger partial charge on any atom is -0.309 e. The predicted molar refractivity (Wildman–Crippen MR) is 281 cm³/mol. The van der Waals surface area contributed by atoms with Gasteiger partial charge in [0.15, 0.2) is 17.5 Å². The molecule has 0 saturated carbocycles. The van der Waals surface area contributed by atoms with E-state index in [1.54, 1.807) is 0 Å². The van der Waals surface area contributed by atoms with E-state index >= 15 is 0 Å². The van der Waals surface area contributed by atoms with Crippen LogP contribution in [0.2, 0.25) is 0 Å². The number of hydrogen-bond donors (Lipinski definition) is 0. The molecule has 0 saturated heterocycles. The first kappa shape index (κ1) is 40.3. The van der Waals surface area contributed by atoms with Gasteiger partial charge in [-0.15, -0.1) is 0 Å². The van der Waals surface area contributed by atoms with Gasteiger partial charge in [0.25, 0.3) is 0 Å². The highest BCUT2D eigenvalue weighted by Crippen LogP contribution is 2.49. The number of nitrogens with zero attached hydrogens (tertiary/aromatic N) is 5. The quantitative estimate of drug-likeness (QED) is 0.137. The van der Waals surface area contributed by atoms with Crippen molar-refractivity contribution in [3.63, 3.8) is 0 Å². The standard InChI is InChI=1S/C63H43N5/c1-6-21-44(22-7-1)49-31-20-32-53(41-49)67(51-37-39-52(40-38-51)68-58-35-18-16-33-54(58)55-34-17-19-36-59(55)68)60-56(45-23-8-2-9-24-45)42-50(43-57(60)46-25-10-3-11-26-46)63-65-61(47-27-12-4-13-28-47)64-62(66-63)48-29-14-5-15-30-48/h1-43H. The second kappa shape index (κ2) is 17.7. The molecular weight excluding hydrogens is 827 g/mol. The molecule has 5 heteroatoms. The first-order valence-electron chi connectivity index (χ1n) is 22.9. The lowest BCUT2D eigenvalue weighted by Crippen LogP contribution is -2.13. The van der Waals surface area contributed by atoms with Crippen LogP contribution in [0.15, 0.2) is 261 Å². The summed E-state index contributed by atoms with van der Waals surface area (Å²) in [5, 5.41) is 2.47. The molecule has 5 nitrogen and oxygen atoms in total. The Balaban J connectivity index is 1.13. The maximum Gasteiger partial charge on any atom is 0.164 e. The number of anilines is 3. The van der Waals surface area contributed by atoms with Crippen LogP contribution >= 0.6 is 0 Å². The van der Waals surface area contributed by atoms with Crippen LogP contribution < -0.4 is 4.90 Å². The van der Waals surface area contributed by atoms with E-state index in [2.05, 4.69) is 234 Å². The lowest BCUT2D eigenvalue weighted by atomic mass is 9.91. The highest BCUT2D eigenvalue weighted by Gasteiger charge is 2.25. The molecule has 0 spiro atoms. The SMILES string of the molecule is c1ccc(-c2cccc(N(c3ccc(-n4c5ccccc5c5ccccc54)cc3)c3c(-c4ccccc4)cc(-c4nc(-c5ccccc5)nc(-c5ccccc5)n4)cc3-c3ccccc3)c2)cc1. The summed E-state index contributed by atoms with van der Waals surface area (Å²) in [6.07, 6.45) is 0.